The minimum atomic E-state index is -0.500. The first-order valence-corrected chi connectivity index (χ1v) is 3.83. The van der Waals surface area contributed by atoms with E-state index in [0.717, 1.165) is 7.11 Å². The standard InChI is InChI=1S/C2H6O.5CH2O2.CH4O.Na.Si/c1-2-3;5*2-1-3;1-2;;/h3H,2H2,1H3;5*1H,(H,2,3);2H,1H3;;/q;;;;;;;+1;+4/p-5. The number of aliphatic hydroxyl groups is 2. The summed E-state index contributed by atoms with van der Waals surface area (Å²) >= 11 is 0. The van der Waals surface area contributed by atoms with Crippen LogP contribution in [-0.4, -0.2) is 67.3 Å². The zero-order chi connectivity index (χ0) is 18.2. The maximum Gasteiger partial charge on any atom is 4.00 e. The molecule has 0 unspecified atom stereocenters. The van der Waals surface area contributed by atoms with Crippen LogP contribution in [0.25, 0.3) is 0 Å². The number of carbonyl (C=O) groups is 5. The number of carbonyl (C=O) groups excluding carboxylic acids is 5. The van der Waals surface area contributed by atoms with Gasteiger partial charge in [-0.15, -0.1) is 0 Å². The average Bonchev–Trinajstić information content (AvgIpc) is 2.36. The predicted molar refractivity (Wildman–Crippen MR) is 57.0 cm³/mol. The second kappa shape index (κ2) is 331. The molecular weight excluding hydrogens is 339 g/mol. The van der Waals surface area contributed by atoms with Crippen LogP contribution in [0.3, 0.4) is 0 Å². The maximum atomic E-state index is 8.25. The van der Waals surface area contributed by atoms with Crippen LogP contribution in [0.1, 0.15) is 6.92 Å². The van der Waals surface area contributed by atoms with Crippen LogP contribution >= 0.6 is 0 Å². The predicted octanol–water partition coefficient (Wildman–Crippen LogP) is -11.9. The van der Waals surface area contributed by atoms with Gasteiger partial charge in [-0.2, -0.15) is 0 Å². The van der Waals surface area contributed by atoms with Crippen molar-refractivity contribution in [1.82, 2.24) is 0 Å². The van der Waals surface area contributed by atoms with Crippen LogP contribution < -0.4 is 55.1 Å². The molecule has 0 atom stereocenters. The third-order valence-electron chi connectivity index (χ3n) is 0. The molecule has 0 spiro atoms. The molecule has 0 saturated carbocycles. The zero-order valence-corrected chi connectivity index (χ0v) is 15.1. The number of rotatable bonds is 0. The Morgan fingerprint density at radius 2 is 0.682 bits per heavy atom. The van der Waals surface area contributed by atoms with Crippen molar-refractivity contribution in [2.24, 2.45) is 0 Å². The molecular formula is C8H15NaO12Si. The summed E-state index contributed by atoms with van der Waals surface area (Å²) in [4.78, 5) is 41.2. The molecule has 0 aliphatic carbocycles. The van der Waals surface area contributed by atoms with Gasteiger partial charge in [0.25, 0.3) is 0 Å². The van der Waals surface area contributed by atoms with Gasteiger partial charge in [0.2, 0.25) is 0 Å². The van der Waals surface area contributed by atoms with Gasteiger partial charge in [-0.3, -0.25) is 0 Å². The van der Waals surface area contributed by atoms with Crippen molar-refractivity contribution in [3.8, 4) is 0 Å². The summed E-state index contributed by atoms with van der Waals surface area (Å²) in [5.41, 5.74) is 0. The summed E-state index contributed by atoms with van der Waals surface area (Å²) in [5.74, 6) is 0. The first-order valence-electron chi connectivity index (χ1n) is 3.83. The van der Waals surface area contributed by atoms with Gasteiger partial charge in [0.15, 0.2) is 0 Å². The van der Waals surface area contributed by atoms with E-state index in [0.29, 0.717) is 0 Å². The van der Waals surface area contributed by atoms with E-state index in [9.17, 15) is 0 Å². The van der Waals surface area contributed by atoms with Gasteiger partial charge in [-0.1, -0.05) is 0 Å². The summed E-state index contributed by atoms with van der Waals surface area (Å²) in [6.45, 7) is -0.569. The van der Waals surface area contributed by atoms with Gasteiger partial charge >= 0.3 is 40.5 Å². The SMILES string of the molecule is CCO.CO.O=C[O-].O=C[O-].O=C[O-].O=C[O-].O=C[O-].[Na+].[Si+4]. The quantitative estimate of drug-likeness (QED) is 0.304. The molecule has 0 aromatic carbocycles. The van der Waals surface area contributed by atoms with Crippen molar-refractivity contribution in [2.45, 2.75) is 6.92 Å². The second-order valence-corrected chi connectivity index (χ2v) is 0.797. The van der Waals surface area contributed by atoms with Crippen molar-refractivity contribution in [3.05, 3.63) is 0 Å². The van der Waals surface area contributed by atoms with E-state index in [1.807, 2.05) is 0 Å². The van der Waals surface area contributed by atoms with Gasteiger partial charge in [0.1, 0.15) is 0 Å². The molecule has 0 heterocycles. The molecule has 0 saturated heterocycles. The Morgan fingerprint density at radius 1 is 0.682 bits per heavy atom. The molecule has 14 heteroatoms. The number of hydrogen-bond donors (Lipinski definition) is 2. The largest absolute Gasteiger partial charge is 4.00 e. The Kier molecular flexibility index (Phi) is 887. The first kappa shape index (κ1) is 59.0. The normalized spacial score (nSPS) is 3.82. The van der Waals surface area contributed by atoms with E-state index in [-0.39, 0.29) is 47.1 Å². The van der Waals surface area contributed by atoms with E-state index in [4.69, 9.17) is 59.7 Å². The van der Waals surface area contributed by atoms with Crippen LogP contribution in [0.4, 0.5) is 0 Å². The Balaban J connectivity index is -0.0000000127. The Bertz CT molecular complexity index is 114. The van der Waals surface area contributed by atoms with Crippen molar-refractivity contribution in [1.29, 1.82) is 0 Å². The Morgan fingerprint density at radius 3 is 0.682 bits per heavy atom. The van der Waals surface area contributed by atoms with Gasteiger partial charge in [0, 0.05) is 46.1 Å². The van der Waals surface area contributed by atoms with Crippen LogP contribution in [-0.2, 0) is 24.0 Å². The van der Waals surface area contributed by atoms with Gasteiger partial charge in [-0.05, 0) is 6.92 Å². The van der Waals surface area contributed by atoms with Crippen LogP contribution in [0, 0.1) is 0 Å². The van der Waals surface area contributed by atoms with E-state index < -0.39 is 32.4 Å². The molecule has 0 aromatic rings. The molecule has 0 fully saturated rings. The fraction of sp³-hybridized carbons (Fsp3) is 0.375. The average molecular weight is 354 g/mol. The van der Waals surface area contributed by atoms with Crippen LogP contribution in [0.5, 0.6) is 0 Å². The molecule has 124 valence electrons. The number of hydrogen-bond acceptors (Lipinski definition) is 12. The van der Waals surface area contributed by atoms with Crippen LogP contribution in [0.2, 0.25) is 0 Å². The minimum Gasteiger partial charge on any atom is -0.554 e. The molecule has 0 aromatic heterocycles. The fourth-order valence-corrected chi connectivity index (χ4v) is 0. The fourth-order valence-electron chi connectivity index (χ4n) is 0. The monoisotopic (exact) mass is 354 g/mol. The summed E-state index contributed by atoms with van der Waals surface area (Å²) in [5, 5.41) is 55.8. The molecule has 0 rings (SSSR count). The Labute approximate surface area is 153 Å². The zero-order valence-electron chi connectivity index (χ0n) is 12.1. The maximum absolute atomic E-state index is 8.25. The molecule has 0 aliphatic heterocycles. The van der Waals surface area contributed by atoms with Gasteiger partial charge in [0.05, 0.1) is 0 Å². The van der Waals surface area contributed by atoms with E-state index in [1.165, 1.54) is 0 Å². The minimum absolute atomic E-state index is 0. The molecule has 2 N–H and O–H groups in total. The van der Waals surface area contributed by atoms with Crippen molar-refractivity contribution >= 4 is 43.3 Å². The molecule has 22 heavy (non-hydrogen) atoms. The topological polar surface area (TPSA) is 241 Å². The van der Waals surface area contributed by atoms with E-state index in [1.54, 1.807) is 6.92 Å². The second-order valence-electron chi connectivity index (χ2n) is 0.797. The molecule has 0 amide bonds. The molecule has 0 radical (unpaired) electrons. The van der Waals surface area contributed by atoms with E-state index >= 15 is 0 Å². The number of carboxylic acid groups (broad SMARTS) is 5. The van der Waals surface area contributed by atoms with Gasteiger partial charge < -0.3 is 59.7 Å². The first-order chi connectivity index (χ1) is 9.49. The third-order valence-corrected chi connectivity index (χ3v) is 0. The van der Waals surface area contributed by atoms with Crippen molar-refractivity contribution in [3.63, 3.8) is 0 Å². The summed E-state index contributed by atoms with van der Waals surface area (Å²) < 4.78 is 0. The van der Waals surface area contributed by atoms with Crippen molar-refractivity contribution < 1.29 is 89.3 Å². The van der Waals surface area contributed by atoms with E-state index in [2.05, 4.69) is 0 Å². The molecule has 12 nitrogen and oxygen atoms in total. The smallest absolute Gasteiger partial charge is 0.554 e. The third kappa shape index (κ3) is 2470. The summed E-state index contributed by atoms with van der Waals surface area (Å²) in [6.07, 6.45) is 0. The summed E-state index contributed by atoms with van der Waals surface area (Å²) in [7, 11) is 1.00. The Hall–Kier alpha value is -1.51. The van der Waals surface area contributed by atoms with Crippen molar-refractivity contribution in [2.75, 3.05) is 13.7 Å². The number of aliphatic hydroxyl groups excluding tert-OH is 2. The molecule has 0 bridgehead atoms. The molecule has 0 aliphatic rings. The summed E-state index contributed by atoms with van der Waals surface area (Å²) in [6, 6.07) is 0. The van der Waals surface area contributed by atoms with Gasteiger partial charge in [-0.25, -0.2) is 0 Å². The van der Waals surface area contributed by atoms with Crippen LogP contribution in [0.15, 0.2) is 0 Å².